The molecule has 0 spiro atoms. The van der Waals surface area contributed by atoms with Crippen molar-refractivity contribution in [3.05, 3.63) is 42.5 Å². The van der Waals surface area contributed by atoms with E-state index in [1.807, 2.05) is 0 Å². The summed E-state index contributed by atoms with van der Waals surface area (Å²) in [5.41, 5.74) is 6.76. The molecule has 28 heavy (non-hydrogen) atoms. The minimum absolute atomic E-state index is 0.141. The Hall–Kier alpha value is -3.90. The lowest BCUT2D eigenvalue weighted by Crippen LogP contribution is -2.18. The molecule has 4 rings (SSSR count). The third kappa shape index (κ3) is 3.62. The number of rotatable bonds is 5. The number of hydrogen-bond donors (Lipinski definition) is 2. The Morgan fingerprint density at radius 2 is 2.04 bits per heavy atom. The van der Waals surface area contributed by atoms with Crippen LogP contribution in [0.4, 0.5) is 19.0 Å². The zero-order valence-corrected chi connectivity index (χ0v) is 13.9. The van der Waals surface area contributed by atoms with Crippen LogP contribution >= 0.6 is 0 Å². The molecule has 4 aromatic rings. The van der Waals surface area contributed by atoms with Crippen LogP contribution in [-0.4, -0.2) is 41.5 Å². The summed E-state index contributed by atoms with van der Waals surface area (Å²) in [5, 5.41) is 13.9. The molecule has 3 heterocycles. The van der Waals surface area contributed by atoms with Gasteiger partial charge in [-0.2, -0.15) is 5.10 Å². The molecular weight excluding hydrogens is 381 g/mol. The summed E-state index contributed by atoms with van der Waals surface area (Å²) in [6.07, 6.45) is -2.27. The molecule has 0 amide bonds. The molecule has 0 unspecified atom stereocenters. The Morgan fingerprint density at radius 3 is 2.79 bits per heavy atom. The van der Waals surface area contributed by atoms with Gasteiger partial charge in [0.1, 0.15) is 30.8 Å². The fraction of sp³-hybridized carbons (Fsp3) is 0.133. The summed E-state index contributed by atoms with van der Waals surface area (Å²) in [4.78, 5) is 7.75. The lowest BCUT2D eigenvalue weighted by atomic mass is 10.2. The molecule has 0 aliphatic rings. The summed E-state index contributed by atoms with van der Waals surface area (Å²) >= 11 is 0. The predicted molar refractivity (Wildman–Crippen MR) is 88.5 cm³/mol. The number of halogens is 3. The van der Waals surface area contributed by atoms with E-state index in [1.165, 1.54) is 35.5 Å². The molecule has 10 nitrogen and oxygen atoms in total. The van der Waals surface area contributed by atoms with Crippen molar-refractivity contribution in [2.24, 2.45) is 0 Å². The Bertz CT molecular complexity index is 1110. The number of nitrogen functional groups attached to an aromatic ring is 1. The number of nitrogens with two attached hydrogens (primary N) is 1. The minimum Gasteiger partial charge on any atom is -0.486 e. The van der Waals surface area contributed by atoms with Crippen LogP contribution in [0.1, 0.15) is 5.56 Å². The van der Waals surface area contributed by atoms with Crippen molar-refractivity contribution in [1.82, 2.24) is 35.2 Å². The van der Waals surface area contributed by atoms with E-state index in [-0.39, 0.29) is 23.7 Å². The van der Waals surface area contributed by atoms with Crippen LogP contribution in [0.2, 0.25) is 0 Å². The van der Waals surface area contributed by atoms with Gasteiger partial charge in [0, 0.05) is 17.7 Å². The zero-order chi connectivity index (χ0) is 19.7. The number of aromatic amines is 1. The number of nitrogens with one attached hydrogen (secondary N) is 1. The van der Waals surface area contributed by atoms with Crippen LogP contribution in [0.3, 0.4) is 0 Å². The summed E-state index contributed by atoms with van der Waals surface area (Å²) in [5.74, 6) is -0.0738. The highest BCUT2D eigenvalue weighted by atomic mass is 19.4. The Kier molecular flexibility index (Phi) is 4.18. The maximum Gasteiger partial charge on any atom is 0.573 e. The average molecular weight is 392 g/mol. The lowest BCUT2D eigenvalue weighted by molar-refractivity contribution is -0.275. The first-order valence-electron chi connectivity index (χ1n) is 7.73. The largest absolute Gasteiger partial charge is 0.573 e. The fourth-order valence-electron chi connectivity index (χ4n) is 2.46. The molecule has 13 heteroatoms. The molecule has 0 atom stereocenters. The molecule has 0 aliphatic carbocycles. The molecule has 144 valence electrons. The topological polar surface area (TPSA) is 130 Å². The normalized spacial score (nSPS) is 11.7. The van der Waals surface area contributed by atoms with E-state index in [0.29, 0.717) is 16.9 Å². The van der Waals surface area contributed by atoms with Gasteiger partial charge in [-0.15, -0.1) is 18.3 Å². The van der Waals surface area contributed by atoms with Crippen molar-refractivity contribution in [3.63, 3.8) is 0 Å². The third-order valence-electron chi connectivity index (χ3n) is 3.63. The van der Waals surface area contributed by atoms with Crippen molar-refractivity contribution in [2.75, 3.05) is 5.73 Å². The predicted octanol–water partition coefficient (Wildman–Crippen LogP) is 1.99. The SMILES string of the molecule is Nc1cc(OCc2ccc(-n3cncn3)cc2OC(F)(F)F)c2nn[nH]c2n1. The van der Waals surface area contributed by atoms with E-state index >= 15 is 0 Å². The number of H-pyrrole nitrogens is 1. The Labute approximate surface area is 154 Å². The number of hydrogen-bond acceptors (Lipinski definition) is 8. The Morgan fingerprint density at radius 1 is 1.18 bits per heavy atom. The van der Waals surface area contributed by atoms with Crippen molar-refractivity contribution < 1.29 is 22.6 Å². The van der Waals surface area contributed by atoms with Crippen LogP contribution in [-0.2, 0) is 6.61 Å². The number of fused-ring (bicyclic) bond motifs is 1. The van der Waals surface area contributed by atoms with Gasteiger partial charge in [-0.25, -0.2) is 19.7 Å². The molecule has 1 aromatic carbocycles. The monoisotopic (exact) mass is 392 g/mol. The van der Waals surface area contributed by atoms with Crippen molar-refractivity contribution in [2.45, 2.75) is 13.0 Å². The van der Waals surface area contributed by atoms with Crippen LogP contribution in [0.25, 0.3) is 16.9 Å². The zero-order valence-electron chi connectivity index (χ0n) is 13.9. The van der Waals surface area contributed by atoms with Crippen molar-refractivity contribution in [3.8, 4) is 17.2 Å². The minimum atomic E-state index is -4.88. The number of aromatic nitrogens is 7. The maximum atomic E-state index is 12.8. The van der Waals surface area contributed by atoms with Gasteiger partial charge in [0.05, 0.1) is 5.69 Å². The fourth-order valence-corrected chi connectivity index (χ4v) is 2.46. The van der Waals surface area contributed by atoms with E-state index in [2.05, 4.69) is 35.2 Å². The molecule has 3 N–H and O–H groups in total. The molecule has 0 aliphatic heterocycles. The van der Waals surface area contributed by atoms with E-state index in [1.54, 1.807) is 6.07 Å². The van der Waals surface area contributed by atoms with E-state index in [4.69, 9.17) is 10.5 Å². The van der Waals surface area contributed by atoms with Crippen LogP contribution in [0, 0.1) is 0 Å². The van der Waals surface area contributed by atoms with Crippen LogP contribution < -0.4 is 15.2 Å². The Balaban J connectivity index is 1.65. The quantitative estimate of drug-likeness (QED) is 0.527. The number of anilines is 1. The van der Waals surface area contributed by atoms with Gasteiger partial charge in [0.2, 0.25) is 0 Å². The van der Waals surface area contributed by atoms with E-state index in [0.717, 1.165) is 0 Å². The first-order valence-corrected chi connectivity index (χ1v) is 7.73. The molecule has 0 fully saturated rings. The number of benzene rings is 1. The molecular formula is C15H11F3N8O2. The number of pyridine rings is 1. The highest BCUT2D eigenvalue weighted by Gasteiger charge is 2.32. The van der Waals surface area contributed by atoms with Gasteiger partial charge in [0.25, 0.3) is 0 Å². The van der Waals surface area contributed by atoms with Gasteiger partial charge in [-0.3, -0.25) is 0 Å². The summed E-state index contributed by atoms with van der Waals surface area (Å²) in [7, 11) is 0. The number of alkyl halides is 3. The third-order valence-corrected chi connectivity index (χ3v) is 3.63. The highest BCUT2D eigenvalue weighted by molar-refractivity contribution is 5.78. The van der Waals surface area contributed by atoms with Gasteiger partial charge in [-0.05, 0) is 12.1 Å². The molecule has 0 bridgehead atoms. The van der Waals surface area contributed by atoms with Gasteiger partial charge >= 0.3 is 6.36 Å². The van der Waals surface area contributed by atoms with Gasteiger partial charge in [0.15, 0.2) is 16.9 Å². The first-order chi connectivity index (χ1) is 13.4. The second kappa shape index (κ2) is 6.68. The van der Waals surface area contributed by atoms with E-state index in [9.17, 15) is 13.2 Å². The maximum absolute atomic E-state index is 12.8. The average Bonchev–Trinajstić information content (AvgIpc) is 3.30. The smallest absolute Gasteiger partial charge is 0.486 e. The summed E-state index contributed by atoms with van der Waals surface area (Å²) < 4.78 is 49.6. The lowest BCUT2D eigenvalue weighted by Gasteiger charge is -2.15. The van der Waals surface area contributed by atoms with Crippen LogP contribution in [0.15, 0.2) is 36.9 Å². The van der Waals surface area contributed by atoms with Crippen LogP contribution in [0.5, 0.6) is 11.5 Å². The molecule has 0 saturated carbocycles. The summed E-state index contributed by atoms with van der Waals surface area (Å²) in [6.45, 7) is -0.242. The second-order valence-corrected chi connectivity index (χ2v) is 5.52. The van der Waals surface area contributed by atoms with Crippen molar-refractivity contribution >= 4 is 17.0 Å². The summed E-state index contributed by atoms with van der Waals surface area (Å²) in [6, 6.07) is 5.58. The van der Waals surface area contributed by atoms with Gasteiger partial charge in [-0.1, -0.05) is 5.21 Å². The first kappa shape index (κ1) is 17.5. The number of nitrogens with zero attached hydrogens (tertiary/aromatic N) is 6. The number of ether oxygens (including phenoxy) is 2. The van der Waals surface area contributed by atoms with E-state index < -0.39 is 12.1 Å². The highest BCUT2D eigenvalue weighted by Crippen LogP contribution is 2.31. The molecule has 0 radical (unpaired) electrons. The van der Waals surface area contributed by atoms with Crippen molar-refractivity contribution in [1.29, 1.82) is 0 Å². The van der Waals surface area contributed by atoms with Gasteiger partial charge < -0.3 is 15.2 Å². The standard InChI is InChI=1S/C15H11F3N8O2/c16-15(17,18)28-10-3-9(26-7-20-6-21-26)2-1-8(10)5-27-11-4-12(19)22-14-13(11)23-25-24-14/h1-4,6-7H,5H2,(H3,19,22,23,24,25). The molecule has 3 aromatic heterocycles. The second-order valence-electron chi connectivity index (χ2n) is 5.52. The molecule has 0 saturated heterocycles.